The van der Waals surface area contributed by atoms with Gasteiger partial charge in [-0.1, -0.05) is 35.2 Å². The minimum atomic E-state index is -0.719. The van der Waals surface area contributed by atoms with Gasteiger partial charge in [-0.15, -0.1) is 10.2 Å². The summed E-state index contributed by atoms with van der Waals surface area (Å²) in [7, 11) is 1.55. The number of nitrogens with zero attached hydrogens (tertiary/aromatic N) is 4. The third kappa shape index (κ3) is 5.47. The summed E-state index contributed by atoms with van der Waals surface area (Å²) in [4.78, 5) is 27.4. The average molecular weight is 642 g/mol. The number of carbonyl (C=O) groups excluding carboxylic acids is 2. The molecule has 5 rings (SSSR count). The number of methoxy groups -OCH3 is 1. The van der Waals surface area contributed by atoms with E-state index >= 15 is 0 Å². The van der Waals surface area contributed by atoms with Crippen LogP contribution in [0.15, 0.2) is 73.9 Å². The molecule has 40 heavy (non-hydrogen) atoms. The normalized spacial score (nSPS) is 17.0. The van der Waals surface area contributed by atoms with Crippen molar-refractivity contribution in [3.8, 4) is 11.8 Å². The summed E-state index contributed by atoms with van der Waals surface area (Å²) in [6.07, 6.45) is 1.50. The van der Waals surface area contributed by atoms with Crippen LogP contribution in [0.1, 0.15) is 30.7 Å². The molecule has 0 saturated carbocycles. The maximum atomic E-state index is 14.0. The van der Waals surface area contributed by atoms with Crippen LogP contribution in [0.5, 0.6) is 5.75 Å². The predicted octanol–water partition coefficient (Wildman–Crippen LogP) is 5.48. The van der Waals surface area contributed by atoms with Crippen molar-refractivity contribution < 1.29 is 18.7 Å². The van der Waals surface area contributed by atoms with E-state index in [1.807, 2.05) is 0 Å². The Balaban J connectivity index is 1.41. The highest BCUT2D eigenvalue weighted by Gasteiger charge is 2.41. The molecule has 1 aliphatic carbocycles. The highest BCUT2D eigenvalue weighted by Crippen LogP contribution is 2.47. The second-order valence-corrected chi connectivity index (χ2v) is 11.9. The Morgan fingerprint density at radius 1 is 1.32 bits per heavy atom. The van der Waals surface area contributed by atoms with Gasteiger partial charge < -0.3 is 15.8 Å². The lowest BCUT2D eigenvalue weighted by Gasteiger charge is -2.38. The first kappa shape index (κ1) is 27.8. The molecule has 1 amide bonds. The fourth-order valence-electron chi connectivity index (χ4n) is 4.71. The molecule has 1 atom stereocenters. The van der Waals surface area contributed by atoms with E-state index < -0.39 is 11.7 Å². The maximum Gasteiger partial charge on any atom is 0.234 e. The number of carbonyl (C=O) groups is 2. The fourth-order valence-corrected chi connectivity index (χ4v) is 6.78. The number of ketones is 1. The number of hydrogen-bond acceptors (Lipinski definition) is 10. The summed E-state index contributed by atoms with van der Waals surface area (Å²) in [6, 6.07) is 13.7. The van der Waals surface area contributed by atoms with Gasteiger partial charge in [-0.05, 0) is 58.6 Å². The van der Waals surface area contributed by atoms with Crippen LogP contribution in [-0.4, -0.2) is 34.8 Å². The molecule has 0 radical (unpaired) electrons. The molecule has 1 aliphatic heterocycles. The average Bonchev–Trinajstić information content (AvgIpc) is 3.41. The van der Waals surface area contributed by atoms with Gasteiger partial charge in [0.2, 0.25) is 11.0 Å². The largest absolute Gasteiger partial charge is 0.497 e. The lowest BCUT2D eigenvalue weighted by Crippen LogP contribution is -2.38. The summed E-state index contributed by atoms with van der Waals surface area (Å²) >= 11 is 5.62. The van der Waals surface area contributed by atoms with Gasteiger partial charge in [0.05, 0.1) is 34.9 Å². The Hall–Kier alpha value is -3.73. The Labute approximate surface area is 246 Å². The lowest BCUT2D eigenvalue weighted by atomic mass is 9.76. The van der Waals surface area contributed by atoms with Gasteiger partial charge >= 0.3 is 0 Å². The smallest absolute Gasteiger partial charge is 0.234 e. The maximum absolute atomic E-state index is 14.0. The van der Waals surface area contributed by atoms with Crippen molar-refractivity contribution in [1.82, 2.24) is 10.2 Å². The number of nitrogens with one attached hydrogen (secondary N) is 1. The van der Waals surface area contributed by atoms with E-state index in [2.05, 4.69) is 37.5 Å². The highest BCUT2D eigenvalue weighted by atomic mass is 79.9. The number of nitriles is 1. The molecule has 3 aromatic rings. The number of aromatic nitrogens is 2. The van der Waals surface area contributed by atoms with Crippen molar-refractivity contribution in [2.45, 2.75) is 29.5 Å². The number of benzene rings is 2. The molecule has 2 heterocycles. The molecule has 0 bridgehead atoms. The molecular formula is C27H22BrFN6O3S2. The van der Waals surface area contributed by atoms with Gasteiger partial charge in [0.1, 0.15) is 17.4 Å². The van der Waals surface area contributed by atoms with Crippen LogP contribution < -0.4 is 20.7 Å². The molecule has 0 fully saturated rings. The summed E-state index contributed by atoms with van der Waals surface area (Å²) in [5.41, 5.74) is 9.05. The zero-order valence-corrected chi connectivity index (χ0v) is 24.3. The van der Waals surface area contributed by atoms with E-state index in [0.717, 1.165) is 0 Å². The first-order valence-electron chi connectivity index (χ1n) is 12.1. The summed E-state index contributed by atoms with van der Waals surface area (Å²) in [6.45, 7) is 0. The monoisotopic (exact) mass is 640 g/mol. The molecule has 2 aromatic carbocycles. The van der Waals surface area contributed by atoms with Gasteiger partial charge in [-0.2, -0.15) is 5.26 Å². The van der Waals surface area contributed by atoms with Gasteiger partial charge in [0.15, 0.2) is 10.1 Å². The first-order valence-corrected chi connectivity index (χ1v) is 14.7. The summed E-state index contributed by atoms with van der Waals surface area (Å²) in [5.74, 6) is -0.619. The molecule has 204 valence electrons. The number of amides is 1. The summed E-state index contributed by atoms with van der Waals surface area (Å²) in [5, 5.41) is 21.8. The topological polar surface area (TPSA) is 134 Å². The van der Waals surface area contributed by atoms with E-state index in [4.69, 9.17) is 10.5 Å². The van der Waals surface area contributed by atoms with E-state index in [-0.39, 0.29) is 33.3 Å². The second kappa shape index (κ2) is 11.8. The number of hydrogen-bond donors (Lipinski definition) is 2. The molecule has 3 N–H and O–H groups in total. The number of allylic oxidation sites excluding steroid dienone is 3. The number of Topliss-reactive ketones (excluding diaryl/α,β-unsaturated/α-hetero) is 1. The molecule has 1 unspecified atom stereocenters. The zero-order chi connectivity index (χ0) is 28.4. The van der Waals surface area contributed by atoms with Crippen LogP contribution >= 0.6 is 39.0 Å². The van der Waals surface area contributed by atoms with Crippen LogP contribution in [0, 0.1) is 17.1 Å². The molecule has 0 saturated heterocycles. The highest BCUT2D eigenvalue weighted by molar-refractivity contribution is 9.10. The van der Waals surface area contributed by atoms with E-state index in [1.54, 1.807) is 48.4 Å². The Morgan fingerprint density at radius 3 is 2.90 bits per heavy atom. The van der Waals surface area contributed by atoms with E-state index in [0.29, 0.717) is 57.0 Å². The number of rotatable bonds is 7. The molecule has 9 nitrogen and oxygen atoms in total. The van der Waals surface area contributed by atoms with Gasteiger partial charge in [0, 0.05) is 29.4 Å². The molecule has 1 aromatic heterocycles. The minimum Gasteiger partial charge on any atom is -0.497 e. The van der Waals surface area contributed by atoms with Crippen molar-refractivity contribution >= 4 is 61.5 Å². The Morgan fingerprint density at radius 2 is 2.15 bits per heavy atom. The predicted molar refractivity (Wildman–Crippen MR) is 154 cm³/mol. The van der Waals surface area contributed by atoms with Crippen molar-refractivity contribution in [2.24, 2.45) is 5.73 Å². The van der Waals surface area contributed by atoms with E-state index in [9.17, 15) is 19.2 Å². The van der Waals surface area contributed by atoms with Crippen LogP contribution in [0.4, 0.5) is 15.2 Å². The van der Waals surface area contributed by atoms with Crippen molar-refractivity contribution in [2.75, 3.05) is 23.1 Å². The Bertz CT molecular complexity index is 1620. The molecule has 13 heteroatoms. The van der Waals surface area contributed by atoms with Crippen molar-refractivity contribution in [3.63, 3.8) is 0 Å². The lowest BCUT2D eigenvalue weighted by molar-refractivity contribution is -0.116. The minimum absolute atomic E-state index is 0.0918. The fraction of sp³-hybridized carbons (Fsp3) is 0.222. The first-order chi connectivity index (χ1) is 19.3. The van der Waals surface area contributed by atoms with Crippen LogP contribution in [0.25, 0.3) is 0 Å². The summed E-state index contributed by atoms with van der Waals surface area (Å²) < 4.78 is 19.9. The number of anilines is 2. The van der Waals surface area contributed by atoms with Gasteiger partial charge in [-0.25, -0.2) is 4.39 Å². The van der Waals surface area contributed by atoms with Gasteiger partial charge in [0.25, 0.3) is 0 Å². The van der Waals surface area contributed by atoms with Crippen LogP contribution in [-0.2, 0) is 9.59 Å². The zero-order valence-electron chi connectivity index (χ0n) is 21.1. The number of ether oxygens (including phenoxy) is 1. The van der Waals surface area contributed by atoms with Crippen molar-refractivity contribution in [1.29, 1.82) is 5.26 Å². The molecule has 0 spiro atoms. The third-order valence-corrected chi connectivity index (χ3v) is 9.11. The standard InChI is InChI=1S/C27H22BrFN6O3S2/c1-38-16-5-2-4-15(11-16)32-22(37)13-39-27-34-33-26(40-27)35-20-6-3-7-21(36)24(20)23(17(12-30)25(35)31)14-8-9-19(29)18(28)10-14/h2,4-5,8-11,23H,3,6-7,13,31H2,1H3,(H,32,37). The van der Waals surface area contributed by atoms with Crippen molar-refractivity contribution in [3.05, 3.63) is 81.0 Å². The SMILES string of the molecule is COc1cccc(NC(=O)CSc2nnc(N3C(N)=C(C#N)C(c4ccc(F)c(Br)c4)C4=C3CCCC4=O)s2)c1. The third-order valence-electron chi connectivity index (χ3n) is 6.46. The van der Waals surface area contributed by atoms with Gasteiger partial charge in [-0.3, -0.25) is 14.5 Å². The number of halogens is 2. The Kier molecular flexibility index (Phi) is 8.20. The van der Waals surface area contributed by atoms with E-state index in [1.165, 1.54) is 29.2 Å². The molecule has 2 aliphatic rings. The second-order valence-electron chi connectivity index (χ2n) is 8.91. The number of thioether (sulfide) groups is 1. The van der Waals surface area contributed by atoms with Crippen LogP contribution in [0.2, 0.25) is 0 Å². The molecular weight excluding hydrogens is 619 g/mol. The quantitative estimate of drug-likeness (QED) is 0.322. The van der Waals surface area contributed by atoms with Crippen LogP contribution in [0.3, 0.4) is 0 Å². The number of nitrogens with two attached hydrogens (primary N) is 1.